The van der Waals surface area contributed by atoms with Gasteiger partial charge in [0.2, 0.25) is 0 Å². The zero-order chi connectivity index (χ0) is 18.1. The number of carbonyl (C=O) groups excluding carboxylic acids is 1. The number of nitrogens with zero attached hydrogens (tertiary/aromatic N) is 2. The van der Waals surface area contributed by atoms with Gasteiger partial charge in [-0.05, 0) is 55.0 Å². The summed E-state index contributed by atoms with van der Waals surface area (Å²) in [5.41, 5.74) is 4.18. The van der Waals surface area contributed by atoms with Crippen LogP contribution >= 0.6 is 0 Å². The third-order valence-electron chi connectivity index (χ3n) is 4.40. The number of aryl methyl sites for hydroxylation is 2. The molecule has 4 heteroatoms. The molecular weight excluding hydrogens is 322 g/mol. The van der Waals surface area contributed by atoms with Gasteiger partial charge in [0, 0.05) is 11.3 Å². The number of fused-ring (bicyclic) bond motifs is 1. The van der Waals surface area contributed by atoms with E-state index in [1.165, 1.54) is 0 Å². The van der Waals surface area contributed by atoms with E-state index in [-0.39, 0.29) is 5.91 Å². The maximum Gasteiger partial charge on any atom is 0.255 e. The van der Waals surface area contributed by atoms with Crippen LogP contribution < -0.4 is 5.32 Å². The van der Waals surface area contributed by atoms with Crippen molar-refractivity contribution in [3.8, 4) is 5.69 Å². The fourth-order valence-corrected chi connectivity index (χ4v) is 3.16. The molecule has 4 rings (SSSR count). The van der Waals surface area contributed by atoms with Crippen LogP contribution in [-0.2, 0) is 0 Å². The van der Waals surface area contributed by atoms with Gasteiger partial charge in [0.25, 0.3) is 5.91 Å². The summed E-state index contributed by atoms with van der Waals surface area (Å²) in [6.07, 6.45) is 0. The first-order valence-electron chi connectivity index (χ1n) is 8.55. The Morgan fingerprint density at radius 2 is 1.62 bits per heavy atom. The number of nitrogens with one attached hydrogen (secondary N) is 1. The van der Waals surface area contributed by atoms with Gasteiger partial charge >= 0.3 is 0 Å². The minimum atomic E-state index is -0.135. The van der Waals surface area contributed by atoms with E-state index < -0.39 is 0 Å². The average Bonchev–Trinajstić information content (AvgIpc) is 2.99. The van der Waals surface area contributed by atoms with Crippen molar-refractivity contribution in [3.63, 3.8) is 0 Å². The molecule has 0 aliphatic heterocycles. The van der Waals surface area contributed by atoms with E-state index in [9.17, 15) is 4.79 Å². The average molecular weight is 341 g/mol. The normalized spacial score (nSPS) is 10.8. The highest BCUT2D eigenvalue weighted by atomic mass is 16.1. The fraction of sp³-hybridized carbons (Fsp3) is 0.0909. The molecule has 1 N–H and O–H groups in total. The minimum absolute atomic E-state index is 0.135. The number of aromatic nitrogens is 2. The predicted octanol–water partition coefficient (Wildman–Crippen LogP) is 4.89. The van der Waals surface area contributed by atoms with Crippen LogP contribution in [0.1, 0.15) is 21.7 Å². The van der Waals surface area contributed by atoms with Crippen LogP contribution in [0.5, 0.6) is 0 Å². The molecule has 0 bridgehead atoms. The lowest BCUT2D eigenvalue weighted by Gasteiger charge is -2.13. The number of anilines is 1. The summed E-state index contributed by atoms with van der Waals surface area (Å²) in [4.78, 5) is 12.8. The number of carbonyl (C=O) groups is 1. The second-order valence-corrected chi connectivity index (χ2v) is 6.37. The first kappa shape index (κ1) is 16.1. The van der Waals surface area contributed by atoms with Crippen LogP contribution in [0.15, 0.2) is 72.8 Å². The SMILES string of the molecule is Cc1cc(C)n(-c2ccccc2NC(=O)c2ccc3ccccc3c2)n1. The first-order valence-corrected chi connectivity index (χ1v) is 8.55. The maximum absolute atomic E-state index is 12.8. The highest BCUT2D eigenvalue weighted by Crippen LogP contribution is 2.23. The van der Waals surface area contributed by atoms with E-state index >= 15 is 0 Å². The number of hydrogen-bond donors (Lipinski definition) is 1. The van der Waals surface area contributed by atoms with Gasteiger partial charge in [-0.2, -0.15) is 5.10 Å². The van der Waals surface area contributed by atoms with Crippen molar-refractivity contribution < 1.29 is 4.79 Å². The van der Waals surface area contributed by atoms with Crippen molar-refractivity contribution >= 4 is 22.4 Å². The largest absolute Gasteiger partial charge is 0.320 e. The van der Waals surface area contributed by atoms with Crippen molar-refractivity contribution in [1.29, 1.82) is 0 Å². The third-order valence-corrected chi connectivity index (χ3v) is 4.40. The molecule has 0 saturated carbocycles. The van der Waals surface area contributed by atoms with E-state index in [0.29, 0.717) is 5.56 Å². The standard InChI is InChI=1S/C22H19N3O/c1-15-13-16(2)25(24-15)21-10-6-5-9-20(21)23-22(26)19-12-11-17-7-3-4-8-18(17)14-19/h3-14H,1-2H3,(H,23,26). The Bertz CT molecular complexity index is 1110. The van der Waals surface area contributed by atoms with Gasteiger partial charge in [-0.3, -0.25) is 4.79 Å². The van der Waals surface area contributed by atoms with Crippen molar-refractivity contribution in [2.75, 3.05) is 5.32 Å². The molecule has 0 aliphatic rings. The van der Waals surface area contributed by atoms with E-state index in [4.69, 9.17) is 0 Å². The highest BCUT2D eigenvalue weighted by molar-refractivity contribution is 6.07. The van der Waals surface area contributed by atoms with Crippen molar-refractivity contribution in [3.05, 3.63) is 89.7 Å². The monoisotopic (exact) mass is 341 g/mol. The van der Waals surface area contributed by atoms with Crippen LogP contribution in [0.3, 0.4) is 0 Å². The van der Waals surface area contributed by atoms with Crippen LogP contribution in [-0.4, -0.2) is 15.7 Å². The summed E-state index contributed by atoms with van der Waals surface area (Å²) in [7, 11) is 0. The molecule has 0 saturated heterocycles. The summed E-state index contributed by atoms with van der Waals surface area (Å²) < 4.78 is 1.85. The first-order chi connectivity index (χ1) is 12.6. The molecule has 0 radical (unpaired) electrons. The number of para-hydroxylation sites is 2. The zero-order valence-electron chi connectivity index (χ0n) is 14.7. The number of hydrogen-bond acceptors (Lipinski definition) is 2. The summed E-state index contributed by atoms with van der Waals surface area (Å²) in [6.45, 7) is 3.96. The van der Waals surface area contributed by atoms with E-state index in [1.54, 1.807) is 0 Å². The molecule has 0 spiro atoms. The topological polar surface area (TPSA) is 46.9 Å². The summed E-state index contributed by atoms with van der Waals surface area (Å²) >= 11 is 0. The Labute approximate surface area is 152 Å². The van der Waals surface area contributed by atoms with Crippen molar-refractivity contribution in [2.24, 2.45) is 0 Å². The third kappa shape index (κ3) is 2.97. The molecule has 26 heavy (non-hydrogen) atoms. The molecule has 1 heterocycles. The second kappa shape index (κ2) is 6.48. The number of benzene rings is 3. The van der Waals surface area contributed by atoms with Gasteiger partial charge in [0.15, 0.2) is 0 Å². The Hall–Kier alpha value is -3.40. The molecule has 1 aromatic heterocycles. The van der Waals surface area contributed by atoms with E-state index in [0.717, 1.165) is 33.5 Å². The Balaban J connectivity index is 1.68. The molecular formula is C22H19N3O. The number of rotatable bonds is 3. The molecule has 3 aromatic carbocycles. The van der Waals surface area contributed by atoms with Crippen LogP contribution in [0.2, 0.25) is 0 Å². The van der Waals surface area contributed by atoms with Gasteiger partial charge in [0.05, 0.1) is 17.1 Å². The molecule has 0 unspecified atom stereocenters. The lowest BCUT2D eigenvalue weighted by molar-refractivity contribution is 0.102. The summed E-state index contributed by atoms with van der Waals surface area (Å²) in [6, 6.07) is 23.5. The van der Waals surface area contributed by atoms with E-state index in [2.05, 4.69) is 10.4 Å². The summed E-state index contributed by atoms with van der Waals surface area (Å²) in [5.74, 6) is -0.135. The fourth-order valence-electron chi connectivity index (χ4n) is 3.16. The van der Waals surface area contributed by atoms with Crippen LogP contribution in [0, 0.1) is 13.8 Å². The zero-order valence-corrected chi connectivity index (χ0v) is 14.7. The van der Waals surface area contributed by atoms with Crippen molar-refractivity contribution in [1.82, 2.24) is 9.78 Å². The molecule has 0 aliphatic carbocycles. The van der Waals surface area contributed by atoms with Gasteiger partial charge in [-0.25, -0.2) is 4.68 Å². The maximum atomic E-state index is 12.8. The molecule has 4 aromatic rings. The predicted molar refractivity (Wildman–Crippen MR) is 105 cm³/mol. The molecule has 1 amide bonds. The van der Waals surface area contributed by atoms with Crippen molar-refractivity contribution in [2.45, 2.75) is 13.8 Å². The Morgan fingerprint density at radius 3 is 2.38 bits per heavy atom. The quantitative estimate of drug-likeness (QED) is 0.576. The molecule has 128 valence electrons. The lowest BCUT2D eigenvalue weighted by Crippen LogP contribution is -2.14. The minimum Gasteiger partial charge on any atom is -0.320 e. The Morgan fingerprint density at radius 1 is 0.885 bits per heavy atom. The number of amides is 1. The highest BCUT2D eigenvalue weighted by Gasteiger charge is 2.12. The molecule has 4 nitrogen and oxygen atoms in total. The summed E-state index contributed by atoms with van der Waals surface area (Å²) in [5, 5.41) is 9.72. The smallest absolute Gasteiger partial charge is 0.255 e. The Kier molecular flexibility index (Phi) is 4.01. The molecule has 0 atom stereocenters. The molecule has 0 fully saturated rings. The van der Waals surface area contributed by atoms with Gasteiger partial charge in [-0.1, -0.05) is 42.5 Å². The van der Waals surface area contributed by atoms with E-state index in [1.807, 2.05) is 91.3 Å². The van der Waals surface area contributed by atoms with Gasteiger partial charge in [0.1, 0.15) is 0 Å². The lowest BCUT2D eigenvalue weighted by atomic mass is 10.1. The van der Waals surface area contributed by atoms with Gasteiger partial charge < -0.3 is 5.32 Å². The van der Waals surface area contributed by atoms with Gasteiger partial charge in [-0.15, -0.1) is 0 Å². The van der Waals surface area contributed by atoms with Crippen LogP contribution in [0.25, 0.3) is 16.5 Å². The van der Waals surface area contributed by atoms with Crippen LogP contribution in [0.4, 0.5) is 5.69 Å². The second-order valence-electron chi connectivity index (χ2n) is 6.37.